The highest BCUT2D eigenvalue weighted by molar-refractivity contribution is 6.30. The Hall–Kier alpha value is -2.30. The molecule has 3 aromatic rings. The van der Waals surface area contributed by atoms with E-state index in [1.54, 1.807) is 24.3 Å². The number of halogens is 1. The predicted molar refractivity (Wildman–Crippen MR) is 96.0 cm³/mol. The lowest BCUT2D eigenvalue weighted by Crippen LogP contribution is -2.37. The first kappa shape index (κ1) is 16.6. The zero-order valence-corrected chi connectivity index (χ0v) is 14.0. The lowest BCUT2D eigenvalue weighted by Gasteiger charge is -2.17. The summed E-state index contributed by atoms with van der Waals surface area (Å²) in [5, 5.41) is 14.7. The Balaban J connectivity index is 1.66. The summed E-state index contributed by atoms with van der Waals surface area (Å²) in [6.45, 7) is 1.92. The molecule has 124 valence electrons. The number of aromatic amines is 1. The third-order valence-corrected chi connectivity index (χ3v) is 4.24. The van der Waals surface area contributed by atoms with Crippen molar-refractivity contribution in [2.45, 2.75) is 25.5 Å². The number of aromatic nitrogens is 1. The van der Waals surface area contributed by atoms with Crippen LogP contribution in [0.5, 0.6) is 0 Å². The van der Waals surface area contributed by atoms with Crippen LogP contribution in [0.1, 0.15) is 24.2 Å². The van der Waals surface area contributed by atoms with Crippen LogP contribution in [-0.2, 0) is 11.2 Å². The van der Waals surface area contributed by atoms with Gasteiger partial charge >= 0.3 is 0 Å². The lowest BCUT2D eigenvalue weighted by atomic mass is 10.0. The molecule has 0 aliphatic carbocycles. The normalized spacial score (nSPS) is 13.6. The van der Waals surface area contributed by atoms with Crippen LogP contribution in [0.3, 0.4) is 0 Å². The second-order valence-electron chi connectivity index (χ2n) is 5.93. The summed E-state index contributed by atoms with van der Waals surface area (Å²) in [5.74, 6) is -0.426. The summed E-state index contributed by atoms with van der Waals surface area (Å²) >= 11 is 5.90. The molecule has 0 aliphatic heterocycles. The van der Waals surface area contributed by atoms with E-state index in [2.05, 4.69) is 16.4 Å². The molecule has 0 saturated carbocycles. The minimum atomic E-state index is -1.23. The second kappa shape index (κ2) is 7.07. The smallest absolute Gasteiger partial charge is 0.253 e. The quantitative estimate of drug-likeness (QED) is 0.663. The fraction of sp³-hybridized carbons (Fsp3) is 0.211. The fourth-order valence-electron chi connectivity index (χ4n) is 2.83. The zero-order valence-electron chi connectivity index (χ0n) is 13.3. The number of benzene rings is 2. The van der Waals surface area contributed by atoms with Gasteiger partial charge in [-0.3, -0.25) is 4.79 Å². The third-order valence-electron chi connectivity index (χ3n) is 4.00. The van der Waals surface area contributed by atoms with Crippen LogP contribution < -0.4 is 5.32 Å². The van der Waals surface area contributed by atoms with Crippen molar-refractivity contribution < 1.29 is 9.90 Å². The van der Waals surface area contributed by atoms with E-state index in [4.69, 9.17) is 11.6 Å². The van der Waals surface area contributed by atoms with Crippen molar-refractivity contribution in [3.8, 4) is 0 Å². The maximum absolute atomic E-state index is 12.2. The Morgan fingerprint density at radius 1 is 1.25 bits per heavy atom. The van der Waals surface area contributed by atoms with E-state index in [1.165, 1.54) is 0 Å². The maximum atomic E-state index is 12.2. The number of carbonyl (C=O) groups excluding carboxylic acids is 1. The number of para-hydroxylation sites is 1. The van der Waals surface area contributed by atoms with Crippen LogP contribution >= 0.6 is 11.6 Å². The molecule has 0 unspecified atom stereocenters. The number of aliphatic hydroxyl groups excluding tert-OH is 1. The van der Waals surface area contributed by atoms with Crippen molar-refractivity contribution in [2.24, 2.45) is 0 Å². The maximum Gasteiger partial charge on any atom is 0.253 e. The molecule has 1 amide bonds. The molecule has 0 bridgehead atoms. The third kappa shape index (κ3) is 3.61. The number of rotatable bonds is 5. The fourth-order valence-corrected chi connectivity index (χ4v) is 3.03. The summed E-state index contributed by atoms with van der Waals surface area (Å²) in [5.41, 5.74) is 2.69. The SMILES string of the molecule is C[C@H](Cc1c[nH]c2ccccc12)NC(=O)[C@@H](O)c1cccc(Cl)c1. The van der Waals surface area contributed by atoms with Gasteiger partial charge in [0.15, 0.2) is 6.10 Å². The molecular weight excluding hydrogens is 324 g/mol. The largest absolute Gasteiger partial charge is 0.378 e. The molecular formula is C19H19ClN2O2. The number of nitrogens with one attached hydrogen (secondary N) is 2. The summed E-state index contributed by atoms with van der Waals surface area (Å²) < 4.78 is 0. The molecule has 0 spiro atoms. The first-order valence-corrected chi connectivity index (χ1v) is 8.21. The van der Waals surface area contributed by atoms with Crippen molar-refractivity contribution in [1.29, 1.82) is 0 Å². The van der Waals surface area contributed by atoms with Gasteiger partial charge in [-0.25, -0.2) is 0 Å². The first-order chi connectivity index (χ1) is 11.5. The van der Waals surface area contributed by atoms with E-state index >= 15 is 0 Å². The molecule has 1 aromatic heterocycles. The van der Waals surface area contributed by atoms with Gasteiger partial charge in [0, 0.05) is 28.2 Å². The number of hydrogen-bond donors (Lipinski definition) is 3. The van der Waals surface area contributed by atoms with E-state index < -0.39 is 12.0 Å². The van der Waals surface area contributed by atoms with Crippen molar-refractivity contribution in [1.82, 2.24) is 10.3 Å². The average Bonchev–Trinajstić information content (AvgIpc) is 2.97. The van der Waals surface area contributed by atoms with E-state index in [0.717, 1.165) is 16.5 Å². The molecule has 24 heavy (non-hydrogen) atoms. The van der Waals surface area contributed by atoms with Gasteiger partial charge in [-0.15, -0.1) is 0 Å². The minimum absolute atomic E-state index is 0.106. The molecule has 2 aromatic carbocycles. The minimum Gasteiger partial charge on any atom is -0.378 e. The van der Waals surface area contributed by atoms with Gasteiger partial charge in [0.25, 0.3) is 5.91 Å². The summed E-state index contributed by atoms with van der Waals surface area (Å²) in [7, 11) is 0. The van der Waals surface area contributed by atoms with Gasteiger partial charge in [-0.2, -0.15) is 0 Å². The Morgan fingerprint density at radius 2 is 2.04 bits per heavy atom. The number of hydrogen-bond acceptors (Lipinski definition) is 2. The average molecular weight is 343 g/mol. The molecule has 3 rings (SSSR count). The number of carbonyl (C=O) groups is 1. The lowest BCUT2D eigenvalue weighted by molar-refractivity contribution is -0.130. The highest BCUT2D eigenvalue weighted by Crippen LogP contribution is 2.20. The topological polar surface area (TPSA) is 65.1 Å². The molecule has 2 atom stereocenters. The van der Waals surface area contributed by atoms with Crippen LogP contribution in [0.4, 0.5) is 0 Å². The molecule has 1 heterocycles. The van der Waals surface area contributed by atoms with Crippen LogP contribution in [0.2, 0.25) is 5.02 Å². The number of fused-ring (bicyclic) bond motifs is 1. The number of H-pyrrole nitrogens is 1. The summed E-state index contributed by atoms with van der Waals surface area (Å²) in [6.07, 6.45) is 1.41. The van der Waals surface area contributed by atoms with E-state index in [1.807, 2.05) is 31.3 Å². The van der Waals surface area contributed by atoms with Crippen LogP contribution in [-0.4, -0.2) is 22.0 Å². The molecule has 0 fully saturated rings. The molecule has 3 N–H and O–H groups in total. The Bertz CT molecular complexity index is 859. The van der Waals surface area contributed by atoms with Crippen molar-refractivity contribution >= 4 is 28.4 Å². The molecule has 5 heteroatoms. The Labute approximate surface area is 145 Å². The van der Waals surface area contributed by atoms with Gasteiger partial charge in [0.1, 0.15) is 0 Å². The van der Waals surface area contributed by atoms with E-state index in [0.29, 0.717) is 17.0 Å². The molecule has 4 nitrogen and oxygen atoms in total. The monoisotopic (exact) mass is 342 g/mol. The second-order valence-corrected chi connectivity index (χ2v) is 6.37. The Morgan fingerprint density at radius 3 is 2.83 bits per heavy atom. The molecule has 0 radical (unpaired) electrons. The summed E-state index contributed by atoms with van der Waals surface area (Å²) in [6, 6.07) is 14.6. The predicted octanol–water partition coefficient (Wildman–Crippen LogP) is 3.60. The van der Waals surface area contributed by atoms with Crippen LogP contribution in [0.15, 0.2) is 54.7 Å². The number of amides is 1. The Kier molecular flexibility index (Phi) is 4.88. The van der Waals surface area contributed by atoms with Gasteiger partial charge in [0.05, 0.1) is 0 Å². The van der Waals surface area contributed by atoms with Crippen LogP contribution in [0, 0.1) is 0 Å². The van der Waals surface area contributed by atoms with Gasteiger partial charge in [0.2, 0.25) is 0 Å². The van der Waals surface area contributed by atoms with Gasteiger partial charge in [-0.05, 0) is 42.7 Å². The first-order valence-electron chi connectivity index (χ1n) is 7.83. The highest BCUT2D eigenvalue weighted by atomic mass is 35.5. The standard InChI is InChI=1S/C19H19ClN2O2/c1-12(9-14-11-21-17-8-3-2-7-16(14)17)22-19(24)18(23)13-5-4-6-15(20)10-13/h2-8,10-12,18,21,23H,9H2,1H3,(H,22,24)/t12-,18+/m1/s1. The van der Waals surface area contributed by atoms with Crippen LogP contribution in [0.25, 0.3) is 10.9 Å². The van der Waals surface area contributed by atoms with E-state index in [9.17, 15) is 9.90 Å². The van der Waals surface area contributed by atoms with Crippen molar-refractivity contribution in [3.63, 3.8) is 0 Å². The van der Waals surface area contributed by atoms with Crippen molar-refractivity contribution in [2.75, 3.05) is 0 Å². The molecule has 0 aliphatic rings. The number of aliphatic hydroxyl groups is 1. The highest BCUT2D eigenvalue weighted by Gasteiger charge is 2.20. The van der Waals surface area contributed by atoms with Crippen molar-refractivity contribution in [3.05, 3.63) is 70.9 Å². The van der Waals surface area contributed by atoms with Gasteiger partial charge < -0.3 is 15.4 Å². The van der Waals surface area contributed by atoms with Gasteiger partial charge in [-0.1, -0.05) is 41.9 Å². The van der Waals surface area contributed by atoms with E-state index in [-0.39, 0.29) is 6.04 Å². The summed E-state index contributed by atoms with van der Waals surface area (Å²) in [4.78, 5) is 15.5. The molecule has 0 saturated heterocycles. The zero-order chi connectivity index (χ0) is 17.1.